The first-order chi connectivity index (χ1) is 15.5. The van der Waals surface area contributed by atoms with Crippen molar-refractivity contribution >= 4 is 17.5 Å². The quantitative estimate of drug-likeness (QED) is 0.583. The number of carbonyl (C=O) groups excluding carboxylic acids is 2. The molecule has 2 amide bonds. The standard InChI is InChI=1S/C25H27N3O4/c1-17-23(18(2)32-27-17)16-31-22-11-7-19(8-12-22)14-24(29)26-15-20-5-9-21(10-6-20)28-13-3-4-25(28)30/h5-12H,3-4,13-16H2,1-2H3,(H,26,29). The highest BCUT2D eigenvalue weighted by Gasteiger charge is 2.21. The number of amides is 2. The number of hydrogen-bond acceptors (Lipinski definition) is 5. The predicted molar refractivity (Wildman–Crippen MR) is 120 cm³/mol. The van der Waals surface area contributed by atoms with Gasteiger partial charge in [0.1, 0.15) is 18.1 Å². The highest BCUT2D eigenvalue weighted by atomic mass is 16.5. The maximum absolute atomic E-state index is 12.3. The summed E-state index contributed by atoms with van der Waals surface area (Å²) in [5, 5.41) is 6.87. The number of nitrogens with zero attached hydrogens (tertiary/aromatic N) is 2. The van der Waals surface area contributed by atoms with Crippen molar-refractivity contribution in [2.45, 2.75) is 46.3 Å². The minimum Gasteiger partial charge on any atom is -0.489 e. The topological polar surface area (TPSA) is 84.7 Å². The summed E-state index contributed by atoms with van der Waals surface area (Å²) in [4.78, 5) is 26.0. The number of nitrogens with one attached hydrogen (secondary N) is 1. The fourth-order valence-corrected chi connectivity index (χ4v) is 3.73. The molecule has 1 aliphatic rings. The van der Waals surface area contributed by atoms with Crippen LogP contribution in [0.1, 0.15) is 41.0 Å². The molecule has 0 atom stereocenters. The lowest BCUT2D eigenvalue weighted by molar-refractivity contribution is -0.120. The van der Waals surface area contributed by atoms with E-state index in [4.69, 9.17) is 9.26 Å². The molecular formula is C25H27N3O4. The second-order valence-corrected chi connectivity index (χ2v) is 8.00. The second kappa shape index (κ2) is 9.68. The van der Waals surface area contributed by atoms with E-state index in [0.29, 0.717) is 26.0 Å². The molecule has 7 nitrogen and oxygen atoms in total. The summed E-state index contributed by atoms with van der Waals surface area (Å²) in [6, 6.07) is 15.3. The molecule has 1 saturated heterocycles. The average Bonchev–Trinajstić information content (AvgIpc) is 3.37. The molecule has 0 unspecified atom stereocenters. The smallest absolute Gasteiger partial charge is 0.227 e. The summed E-state index contributed by atoms with van der Waals surface area (Å²) >= 11 is 0. The molecule has 4 rings (SSSR count). The zero-order chi connectivity index (χ0) is 22.5. The van der Waals surface area contributed by atoms with Crippen LogP contribution in [-0.4, -0.2) is 23.5 Å². The molecule has 0 bridgehead atoms. The first-order valence-corrected chi connectivity index (χ1v) is 10.8. The molecule has 166 valence electrons. The summed E-state index contributed by atoms with van der Waals surface area (Å²) in [5.74, 6) is 1.61. The van der Waals surface area contributed by atoms with Gasteiger partial charge in [-0.2, -0.15) is 0 Å². The number of carbonyl (C=O) groups is 2. The van der Waals surface area contributed by atoms with E-state index in [1.807, 2.05) is 67.3 Å². The second-order valence-electron chi connectivity index (χ2n) is 8.00. The van der Waals surface area contributed by atoms with Gasteiger partial charge < -0.3 is 19.5 Å². The lowest BCUT2D eigenvalue weighted by atomic mass is 10.1. The van der Waals surface area contributed by atoms with Crippen molar-refractivity contribution in [1.82, 2.24) is 10.5 Å². The van der Waals surface area contributed by atoms with Crippen molar-refractivity contribution in [3.8, 4) is 5.75 Å². The number of aromatic nitrogens is 1. The highest BCUT2D eigenvalue weighted by molar-refractivity contribution is 5.95. The van der Waals surface area contributed by atoms with Crippen LogP contribution in [0.2, 0.25) is 0 Å². The molecule has 1 aromatic heterocycles. The molecule has 0 radical (unpaired) electrons. The molecule has 32 heavy (non-hydrogen) atoms. The van der Waals surface area contributed by atoms with Gasteiger partial charge in [0, 0.05) is 25.2 Å². The Morgan fingerprint density at radius 3 is 2.44 bits per heavy atom. The molecule has 0 spiro atoms. The average molecular weight is 434 g/mol. The zero-order valence-corrected chi connectivity index (χ0v) is 18.4. The molecule has 2 heterocycles. The van der Waals surface area contributed by atoms with Gasteiger partial charge in [-0.25, -0.2) is 0 Å². The minimum atomic E-state index is -0.0480. The van der Waals surface area contributed by atoms with Crippen LogP contribution in [0.3, 0.4) is 0 Å². The molecule has 3 aromatic rings. The Morgan fingerprint density at radius 2 is 1.81 bits per heavy atom. The fraction of sp³-hybridized carbons (Fsp3) is 0.320. The summed E-state index contributed by atoms with van der Waals surface area (Å²) in [6.45, 7) is 5.37. The summed E-state index contributed by atoms with van der Waals surface area (Å²) in [7, 11) is 0. The lowest BCUT2D eigenvalue weighted by Gasteiger charge is -2.16. The Kier molecular flexibility index (Phi) is 6.54. The van der Waals surface area contributed by atoms with E-state index in [0.717, 1.165) is 52.5 Å². The minimum absolute atomic E-state index is 0.0480. The van der Waals surface area contributed by atoms with Crippen molar-refractivity contribution in [3.05, 3.63) is 76.7 Å². The molecular weight excluding hydrogens is 406 g/mol. The SMILES string of the molecule is Cc1noc(C)c1COc1ccc(CC(=O)NCc2ccc(N3CCCC3=O)cc2)cc1. The monoisotopic (exact) mass is 433 g/mol. The van der Waals surface area contributed by atoms with E-state index >= 15 is 0 Å². The van der Waals surface area contributed by atoms with Gasteiger partial charge in [0.2, 0.25) is 11.8 Å². The number of benzene rings is 2. The molecule has 1 aliphatic heterocycles. The normalized spacial score (nSPS) is 13.4. The highest BCUT2D eigenvalue weighted by Crippen LogP contribution is 2.22. The van der Waals surface area contributed by atoms with Crippen LogP contribution in [0.15, 0.2) is 53.1 Å². The third kappa shape index (κ3) is 5.17. The van der Waals surface area contributed by atoms with Crippen LogP contribution < -0.4 is 15.0 Å². The summed E-state index contributed by atoms with van der Waals surface area (Å²) in [6.07, 6.45) is 1.82. The van der Waals surface area contributed by atoms with Gasteiger partial charge in [-0.1, -0.05) is 29.4 Å². The van der Waals surface area contributed by atoms with E-state index in [-0.39, 0.29) is 11.8 Å². The van der Waals surface area contributed by atoms with E-state index in [1.54, 1.807) is 0 Å². The number of rotatable bonds is 8. The van der Waals surface area contributed by atoms with E-state index in [1.165, 1.54) is 0 Å². The van der Waals surface area contributed by atoms with Gasteiger partial charge in [0.25, 0.3) is 0 Å². The van der Waals surface area contributed by atoms with Crippen molar-refractivity contribution in [2.75, 3.05) is 11.4 Å². The first kappa shape index (κ1) is 21.6. The van der Waals surface area contributed by atoms with E-state index < -0.39 is 0 Å². The Morgan fingerprint density at radius 1 is 1.09 bits per heavy atom. The van der Waals surface area contributed by atoms with E-state index in [9.17, 15) is 9.59 Å². The number of ether oxygens (including phenoxy) is 1. The third-order valence-electron chi connectivity index (χ3n) is 5.66. The summed E-state index contributed by atoms with van der Waals surface area (Å²) in [5.41, 5.74) is 4.61. The molecule has 2 aromatic carbocycles. The Bertz CT molecular complexity index is 1070. The number of anilines is 1. The molecule has 0 aliphatic carbocycles. The molecule has 1 fully saturated rings. The van der Waals surface area contributed by atoms with Gasteiger partial charge >= 0.3 is 0 Å². The van der Waals surface area contributed by atoms with Crippen molar-refractivity contribution in [3.63, 3.8) is 0 Å². The van der Waals surface area contributed by atoms with Crippen molar-refractivity contribution in [1.29, 1.82) is 0 Å². The molecule has 7 heteroatoms. The molecule has 0 saturated carbocycles. The van der Waals surface area contributed by atoms with Crippen LogP contribution in [-0.2, 0) is 29.2 Å². The van der Waals surface area contributed by atoms with Crippen LogP contribution in [0, 0.1) is 13.8 Å². The zero-order valence-electron chi connectivity index (χ0n) is 18.4. The Hall–Kier alpha value is -3.61. The van der Waals surface area contributed by atoms with Gasteiger partial charge in [0.05, 0.1) is 17.7 Å². The van der Waals surface area contributed by atoms with Gasteiger partial charge in [0.15, 0.2) is 0 Å². The molecule has 1 N–H and O–H groups in total. The van der Waals surface area contributed by atoms with Crippen LogP contribution in [0.25, 0.3) is 0 Å². The van der Waals surface area contributed by atoms with Crippen LogP contribution >= 0.6 is 0 Å². The Balaban J connectivity index is 1.24. The lowest BCUT2D eigenvalue weighted by Crippen LogP contribution is -2.25. The maximum atomic E-state index is 12.3. The van der Waals surface area contributed by atoms with Crippen molar-refractivity contribution in [2.24, 2.45) is 0 Å². The Labute approximate surface area is 187 Å². The van der Waals surface area contributed by atoms with Crippen molar-refractivity contribution < 1.29 is 18.8 Å². The van der Waals surface area contributed by atoms with Crippen LogP contribution in [0.5, 0.6) is 5.75 Å². The largest absolute Gasteiger partial charge is 0.489 e. The first-order valence-electron chi connectivity index (χ1n) is 10.8. The predicted octanol–water partition coefficient (Wildman–Crippen LogP) is 3.86. The van der Waals surface area contributed by atoms with Gasteiger partial charge in [-0.15, -0.1) is 0 Å². The third-order valence-corrected chi connectivity index (χ3v) is 5.66. The maximum Gasteiger partial charge on any atom is 0.227 e. The number of aryl methyl sites for hydroxylation is 2. The fourth-order valence-electron chi connectivity index (χ4n) is 3.73. The van der Waals surface area contributed by atoms with Gasteiger partial charge in [-0.3, -0.25) is 9.59 Å². The number of hydrogen-bond donors (Lipinski definition) is 1. The summed E-state index contributed by atoms with van der Waals surface area (Å²) < 4.78 is 11.0. The van der Waals surface area contributed by atoms with Gasteiger partial charge in [-0.05, 0) is 55.7 Å². The van der Waals surface area contributed by atoms with E-state index in [2.05, 4.69) is 10.5 Å². The van der Waals surface area contributed by atoms with Crippen LogP contribution in [0.4, 0.5) is 5.69 Å².